The van der Waals surface area contributed by atoms with E-state index in [1.807, 2.05) is 12.1 Å². The second-order valence-electron chi connectivity index (χ2n) is 7.70. The zero-order valence-corrected chi connectivity index (χ0v) is 16.1. The monoisotopic (exact) mass is 369 g/mol. The Labute approximate surface area is 163 Å². The zero-order chi connectivity index (χ0) is 17.1. The van der Waals surface area contributed by atoms with Gasteiger partial charge in [0.05, 0.1) is 0 Å². The van der Waals surface area contributed by atoms with Crippen LogP contribution in [0.2, 0.25) is 0 Å². The third-order valence-electron chi connectivity index (χ3n) is 5.99. The summed E-state index contributed by atoms with van der Waals surface area (Å²) in [7, 11) is 0. The Bertz CT molecular complexity index is 722. The van der Waals surface area contributed by atoms with Crippen molar-refractivity contribution in [3.05, 3.63) is 71.3 Å². The number of nitrogens with zero attached hydrogens (tertiary/aromatic N) is 1. The van der Waals surface area contributed by atoms with Crippen LogP contribution in [-0.2, 0) is 13.0 Å². The molecule has 0 bridgehead atoms. The third kappa shape index (κ3) is 4.36. The van der Waals surface area contributed by atoms with E-state index in [-0.39, 0.29) is 18.3 Å². The Morgan fingerprint density at radius 1 is 0.885 bits per heavy atom. The summed E-state index contributed by atoms with van der Waals surface area (Å²) < 4.78 is 0. The van der Waals surface area contributed by atoms with E-state index < -0.39 is 0 Å². The van der Waals surface area contributed by atoms with Gasteiger partial charge in [0, 0.05) is 18.0 Å². The number of hydrogen-bond acceptors (Lipinski definition) is 2. The standard InChI is InChI=1S/C23H27NO.ClH/c25-23-21(11-10-20-8-4-5-9-22(20)23)16-18-12-14-24(15-13-18)17-19-6-2-1-3-7-19;/h1-9,18,21H,10-17H2;1H. The predicted octanol–water partition coefficient (Wildman–Crippen LogP) is 5.16. The summed E-state index contributed by atoms with van der Waals surface area (Å²) in [4.78, 5) is 15.3. The molecule has 138 valence electrons. The number of benzene rings is 2. The molecule has 26 heavy (non-hydrogen) atoms. The SMILES string of the molecule is Cl.O=C1c2ccccc2CCC1CC1CCN(Cc2ccccc2)CC1. The number of ketones is 1. The summed E-state index contributed by atoms with van der Waals surface area (Å²) in [6, 6.07) is 18.9. The van der Waals surface area contributed by atoms with Gasteiger partial charge in [-0.3, -0.25) is 9.69 Å². The molecule has 2 aromatic rings. The molecular weight excluding hydrogens is 342 g/mol. The lowest BCUT2D eigenvalue weighted by molar-refractivity contribution is 0.0853. The van der Waals surface area contributed by atoms with Gasteiger partial charge in [0.1, 0.15) is 0 Å². The second kappa shape index (κ2) is 8.83. The minimum absolute atomic E-state index is 0. The van der Waals surface area contributed by atoms with Gasteiger partial charge in [0.2, 0.25) is 0 Å². The molecule has 2 nitrogen and oxygen atoms in total. The van der Waals surface area contributed by atoms with Crippen molar-refractivity contribution in [3.63, 3.8) is 0 Å². The molecule has 2 aliphatic rings. The first-order valence-corrected chi connectivity index (χ1v) is 9.68. The molecule has 1 atom stereocenters. The maximum atomic E-state index is 12.8. The molecule has 0 spiro atoms. The number of halogens is 1. The van der Waals surface area contributed by atoms with Gasteiger partial charge >= 0.3 is 0 Å². The molecule has 1 aliphatic carbocycles. The van der Waals surface area contributed by atoms with E-state index in [2.05, 4.69) is 47.4 Å². The largest absolute Gasteiger partial charge is 0.299 e. The van der Waals surface area contributed by atoms with E-state index in [0.717, 1.165) is 44.5 Å². The quantitative estimate of drug-likeness (QED) is 0.742. The molecule has 0 N–H and O–H groups in total. The van der Waals surface area contributed by atoms with Crippen LogP contribution in [0.4, 0.5) is 0 Å². The Morgan fingerprint density at radius 3 is 2.35 bits per heavy atom. The van der Waals surface area contributed by atoms with E-state index in [9.17, 15) is 4.79 Å². The Morgan fingerprint density at radius 2 is 1.58 bits per heavy atom. The maximum Gasteiger partial charge on any atom is 0.166 e. The third-order valence-corrected chi connectivity index (χ3v) is 5.99. The van der Waals surface area contributed by atoms with Crippen molar-refractivity contribution >= 4 is 18.2 Å². The van der Waals surface area contributed by atoms with Crippen molar-refractivity contribution in [2.75, 3.05) is 13.1 Å². The van der Waals surface area contributed by atoms with Crippen LogP contribution in [-0.4, -0.2) is 23.8 Å². The highest BCUT2D eigenvalue weighted by Gasteiger charge is 2.30. The lowest BCUT2D eigenvalue weighted by Crippen LogP contribution is -2.35. The van der Waals surface area contributed by atoms with Crippen LogP contribution in [0.25, 0.3) is 0 Å². The van der Waals surface area contributed by atoms with Crippen LogP contribution in [0.15, 0.2) is 54.6 Å². The summed E-state index contributed by atoms with van der Waals surface area (Å²) in [6.45, 7) is 3.39. The summed E-state index contributed by atoms with van der Waals surface area (Å²) in [5.74, 6) is 1.36. The average Bonchev–Trinajstić information content (AvgIpc) is 2.67. The second-order valence-corrected chi connectivity index (χ2v) is 7.70. The molecule has 3 heteroatoms. The van der Waals surface area contributed by atoms with Crippen molar-refractivity contribution in [1.29, 1.82) is 0 Å². The molecule has 4 rings (SSSR count). The number of likely N-dealkylation sites (tertiary alicyclic amines) is 1. The summed E-state index contributed by atoms with van der Waals surface area (Å²) in [6.07, 6.45) is 5.67. The number of rotatable bonds is 4. The average molecular weight is 370 g/mol. The number of hydrogen-bond donors (Lipinski definition) is 0. The lowest BCUT2D eigenvalue weighted by Gasteiger charge is -2.34. The van der Waals surface area contributed by atoms with Gasteiger partial charge in [-0.25, -0.2) is 0 Å². The van der Waals surface area contributed by atoms with Crippen molar-refractivity contribution in [2.24, 2.45) is 11.8 Å². The minimum Gasteiger partial charge on any atom is -0.299 e. The topological polar surface area (TPSA) is 20.3 Å². The van der Waals surface area contributed by atoms with Gasteiger partial charge in [-0.15, -0.1) is 12.4 Å². The fourth-order valence-electron chi connectivity index (χ4n) is 4.51. The molecule has 0 aromatic heterocycles. The first-order valence-electron chi connectivity index (χ1n) is 9.68. The summed E-state index contributed by atoms with van der Waals surface area (Å²) in [5.41, 5.74) is 3.64. The smallest absolute Gasteiger partial charge is 0.166 e. The van der Waals surface area contributed by atoms with E-state index in [4.69, 9.17) is 0 Å². The first-order chi connectivity index (χ1) is 12.3. The number of aryl methyl sites for hydroxylation is 1. The van der Waals surface area contributed by atoms with Crippen molar-refractivity contribution in [1.82, 2.24) is 4.90 Å². The molecular formula is C23H28ClNO. The Kier molecular flexibility index (Phi) is 6.50. The fraction of sp³-hybridized carbons (Fsp3) is 0.435. The highest BCUT2D eigenvalue weighted by atomic mass is 35.5. The number of carbonyl (C=O) groups excluding carboxylic acids is 1. The molecule has 0 radical (unpaired) electrons. The van der Waals surface area contributed by atoms with Crippen molar-refractivity contribution < 1.29 is 4.79 Å². The van der Waals surface area contributed by atoms with Gasteiger partial charge < -0.3 is 0 Å². The van der Waals surface area contributed by atoms with Gasteiger partial charge in [0.15, 0.2) is 5.78 Å². The van der Waals surface area contributed by atoms with E-state index >= 15 is 0 Å². The van der Waals surface area contributed by atoms with E-state index in [0.29, 0.717) is 11.7 Å². The fourth-order valence-corrected chi connectivity index (χ4v) is 4.51. The van der Waals surface area contributed by atoms with Crippen LogP contribution >= 0.6 is 12.4 Å². The molecule has 0 saturated carbocycles. The Balaban J connectivity index is 0.00000196. The summed E-state index contributed by atoms with van der Waals surface area (Å²) in [5, 5.41) is 0. The minimum atomic E-state index is 0. The predicted molar refractivity (Wildman–Crippen MR) is 109 cm³/mol. The first kappa shape index (κ1) is 19.1. The highest BCUT2D eigenvalue weighted by molar-refractivity contribution is 6.00. The van der Waals surface area contributed by atoms with E-state index in [1.165, 1.54) is 24.0 Å². The zero-order valence-electron chi connectivity index (χ0n) is 15.3. The van der Waals surface area contributed by atoms with Crippen molar-refractivity contribution in [2.45, 2.75) is 38.6 Å². The van der Waals surface area contributed by atoms with Gasteiger partial charge in [-0.1, -0.05) is 54.6 Å². The molecule has 1 fully saturated rings. The van der Waals surface area contributed by atoms with Crippen LogP contribution in [0.1, 0.15) is 47.2 Å². The number of carbonyl (C=O) groups is 1. The Hall–Kier alpha value is -1.64. The molecule has 1 saturated heterocycles. The van der Waals surface area contributed by atoms with E-state index in [1.54, 1.807) is 0 Å². The molecule has 1 heterocycles. The van der Waals surface area contributed by atoms with Crippen LogP contribution in [0, 0.1) is 11.8 Å². The lowest BCUT2D eigenvalue weighted by atomic mass is 9.76. The van der Waals surface area contributed by atoms with Crippen LogP contribution < -0.4 is 0 Å². The van der Waals surface area contributed by atoms with Gasteiger partial charge in [-0.05, 0) is 62.2 Å². The highest BCUT2D eigenvalue weighted by Crippen LogP contribution is 2.33. The van der Waals surface area contributed by atoms with Crippen molar-refractivity contribution in [3.8, 4) is 0 Å². The molecule has 1 unspecified atom stereocenters. The molecule has 2 aromatic carbocycles. The molecule has 0 amide bonds. The van der Waals surface area contributed by atoms with Gasteiger partial charge in [-0.2, -0.15) is 0 Å². The number of fused-ring (bicyclic) bond motifs is 1. The van der Waals surface area contributed by atoms with Gasteiger partial charge in [0.25, 0.3) is 0 Å². The summed E-state index contributed by atoms with van der Waals surface area (Å²) >= 11 is 0. The number of Topliss-reactive ketones (excluding diaryl/α,β-unsaturated/α-hetero) is 1. The van der Waals surface area contributed by atoms with Crippen LogP contribution in [0.3, 0.4) is 0 Å². The normalized spacial score (nSPS) is 21.1. The maximum absolute atomic E-state index is 12.8. The number of piperidine rings is 1. The van der Waals surface area contributed by atoms with Crippen LogP contribution in [0.5, 0.6) is 0 Å². The molecule has 1 aliphatic heterocycles.